The van der Waals surface area contributed by atoms with Crippen molar-refractivity contribution in [3.05, 3.63) is 53.6 Å². The predicted octanol–water partition coefficient (Wildman–Crippen LogP) is 5.10. The van der Waals surface area contributed by atoms with E-state index in [9.17, 15) is 4.79 Å². The minimum Gasteiger partial charge on any atom is -0.489 e. The Hall–Kier alpha value is -2.53. The van der Waals surface area contributed by atoms with Gasteiger partial charge in [0.15, 0.2) is 5.78 Å². The van der Waals surface area contributed by atoms with Crippen LogP contribution in [0.4, 0.5) is 11.4 Å². The van der Waals surface area contributed by atoms with Gasteiger partial charge in [-0.15, -0.1) is 0 Å². The van der Waals surface area contributed by atoms with E-state index in [2.05, 4.69) is 30.1 Å². The van der Waals surface area contributed by atoms with E-state index >= 15 is 0 Å². The van der Waals surface area contributed by atoms with E-state index in [4.69, 9.17) is 28.4 Å². The maximum absolute atomic E-state index is 13.7. The van der Waals surface area contributed by atoms with Gasteiger partial charge in [0.05, 0.1) is 71.2 Å². The summed E-state index contributed by atoms with van der Waals surface area (Å²) in [6.07, 6.45) is 3.70. The van der Waals surface area contributed by atoms with Crippen molar-refractivity contribution < 1.29 is 33.2 Å². The lowest BCUT2D eigenvalue weighted by Crippen LogP contribution is -2.61. The monoisotopic (exact) mass is 610 g/mol. The van der Waals surface area contributed by atoms with Crippen LogP contribution in [0.3, 0.4) is 0 Å². The van der Waals surface area contributed by atoms with E-state index in [1.807, 2.05) is 36.4 Å². The Balaban J connectivity index is 1.05. The summed E-state index contributed by atoms with van der Waals surface area (Å²) >= 11 is 0. The molecule has 1 heterocycles. The second kappa shape index (κ2) is 16.2. The van der Waals surface area contributed by atoms with Crippen molar-refractivity contribution in [3.63, 3.8) is 0 Å². The van der Waals surface area contributed by atoms with Gasteiger partial charge in [0.2, 0.25) is 0 Å². The summed E-state index contributed by atoms with van der Waals surface area (Å²) in [4.78, 5) is 16.2. The number of ketones is 1. The first-order chi connectivity index (χ1) is 21.5. The normalized spacial score (nSPS) is 23.0. The number of para-hydroxylation sites is 2. The van der Waals surface area contributed by atoms with Gasteiger partial charge in [0.25, 0.3) is 0 Å². The van der Waals surface area contributed by atoms with E-state index in [-0.39, 0.29) is 17.4 Å². The van der Waals surface area contributed by atoms with Gasteiger partial charge in [-0.2, -0.15) is 0 Å². The summed E-state index contributed by atoms with van der Waals surface area (Å²) in [5, 5.41) is 3.56. The Kier molecular flexibility index (Phi) is 12.1. The molecule has 1 N–H and O–H groups in total. The van der Waals surface area contributed by atoms with E-state index in [0.29, 0.717) is 71.9 Å². The fourth-order valence-corrected chi connectivity index (χ4v) is 6.45. The Morgan fingerprint density at radius 3 is 2.16 bits per heavy atom. The number of ether oxygens (including phenoxy) is 6. The summed E-state index contributed by atoms with van der Waals surface area (Å²) in [6, 6.07) is 14.2. The first-order valence-electron chi connectivity index (χ1n) is 16.2. The molecule has 1 saturated heterocycles. The third-order valence-electron chi connectivity index (χ3n) is 9.35. The molecule has 0 spiro atoms. The summed E-state index contributed by atoms with van der Waals surface area (Å²) in [5.74, 6) is 2.13. The summed E-state index contributed by atoms with van der Waals surface area (Å²) in [5.41, 5.74) is 3.90. The highest BCUT2D eigenvalue weighted by Gasteiger charge is 2.52. The van der Waals surface area contributed by atoms with Crippen LogP contribution in [0.1, 0.15) is 49.0 Å². The number of likely N-dealkylation sites (tertiary alicyclic amines) is 1. The number of carbonyl (C=O) groups excluding carboxylic acids is 1. The van der Waals surface area contributed by atoms with Crippen LogP contribution < -0.4 is 10.1 Å². The Bertz CT molecular complexity index is 1210. The van der Waals surface area contributed by atoms with E-state index in [0.717, 1.165) is 48.1 Å². The maximum atomic E-state index is 13.7. The number of piperidine rings is 1. The molecular formula is C35H50N2O7. The molecule has 1 unspecified atom stereocenters. The van der Waals surface area contributed by atoms with Gasteiger partial charge in [-0.1, -0.05) is 26.0 Å². The third kappa shape index (κ3) is 8.38. The molecule has 242 valence electrons. The molecule has 2 aliphatic carbocycles. The van der Waals surface area contributed by atoms with Gasteiger partial charge in [0.1, 0.15) is 12.4 Å². The SMILES string of the molecule is COCCOCCOCCOCCOCCOc1ccccc1Nc1ccc2c(c1)[C@]1(C)CCN(CC3CC3)C(C2=O)[C@@H]1C. The van der Waals surface area contributed by atoms with E-state index < -0.39 is 0 Å². The quantitative estimate of drug-likeness (QED) is 0.206. The standard InChI is InChI=1S/C35H50N2O7/c1-26-33-34(38)29-11-10-28(24-30(29)35(26,2)12-13-37(33)25-27-8-9-27)36-31-6-4-5-7-32(31)44-23-22-43-21-20-42-19-18-41-17-16-40-15-14-39-3/h4-7,10-11,24,26-27,33,36H,8-9,12-23,25H2,1-3H3/t26-,33?,35+/m0/s1. The summed E-state index contributed by atoms with van der Waals surface area (Å²) in [7, 11) is 1.65. The maximum Gasteiger partial charge on any atom is 0.180 e. The number of Topliss-reactive ketones (excluding diaryl/α,β-unsaturated/α-hetero) is 1. The molecule has 0 radical (unpaired) electrons. The first-order valence-corrected chi connectivity index (χ1v) is 16.2. The van der Waals surface area contributed by atoms with Gasteiger partial charge in [-0.25, -0.2) is 0 Å². The topological polar surface area (TPSA) is 87.7 Å². The highest BCUT2D eigenvalue weighted by Crippen LogP contribution is 2.50. The van der Waals surface area contributed by atoms with Crippen LogP contribution in [0.15, 0.2) is 42.5 Å². The van der Waals surface area contributed by atoms with Crippen molar-refractivity contribution in [1.29, 1.82) is 0 Å². The number of benzene rings is 2. The average Bonchev–Trinajstić information content (AvgIpc) is 3.85. The third-order valence-corrected chi connectivity index (χ3v) is 9.35. The van der Waals surface area contributed by atoms with Crippen LogP contribution >= 0.6 is 0 Å². The molecule has 2 fully saturated rings. The zero-order valence-corrected chi connectivity index (χ0v) is 26.7. The molecular weight excluding hydrogens is 560 g/mol. The molecule has 3 aliphatic rings. The van der Waals surface area contributed by atoms with Crippen LogP contribution in [0.2, 0.25) is 0 Å². The number of fused-ring (bicyclic) bond motifs is 4. The summed E-state index contributed by atoms with van der Waals surface area (Å²) in [6.45, 7) is 11.9. The average molecular weight is 611 g/mol. The number of nitrogens with zero attached hydrogens (tertiary/aromatic N) is 1. The molecule has 2 aromatic rings. The number of anilines is 2. The Morgan fingerprint density at radius 1 is 0.864 bits per heavy atom. The molecule has 0 aromatic heterocycles. The Labute approximate surface area is 262 Å². The van der Waals surface area contributed by atoms with Gasteiger partial charge < -0.3 is 33.7 Å². The Morgan fingerprint density at radius 2 is 1.50 bits per heavy atom. The molecule has 44 heavy (non-hydrogen) atoms. The molecule has 3 atom stereocenters. The molecule has 2 bridgehead atoms. The first kappa shape index (κ1) is 32.9. The van der Waals surface area contributed by atoms with Crippen LogP contribution in [-0.2, 0) is 29.1 Å². The fourth-order valence-electron chi connectivity index (χ4n) is 6.45. The largest absolute Gasteiger partial charge is 0.489 e. The smallest absolute Gasteiger partial charge is 0.180 e. The number of methoxy groups -OCH3 is 1. The van der Waals surface area contributed by atoms with Crippen molar-refractivity contribution in [1.82, 2.24) is 4.90 Å². The molecule has 9 heteroatoms. The zero-order chi connectivity index (χ0) is 30.8. The van der Waals surface area contributed by atoms with E-state index in [1.54, 1.807) is 7.11 Å². The zero-order valence-electron chi connectivity index (χ0n) is 26.7. The molecule has 1 aliphatic heterocycles. The van der Waals surface area contributed by atoms with Gasteiger partial charge in [-0.05, 0) is 79.0 Å². The minimum absolute atomic E-state index is 0.000399. The number of hydrogen-bond acceptors (Lipinski definition) is 9. The molecule has 1 saturated carbocycles. The highest BCUT2D eigenvalue weighted by atomic mass is 16.6. The number of hydrogen-bond donors (Lipinski definition) is 1. The number of nitrogens with one attached hydrogen (secondary N) is 1. The van der Waals surface area contributed by atoms with Crippen molar-refractivity contribution in [3.8, 4) is 5.75 Å². The molecule has 0 amide bonds. The fraction of sp³-hybridized carbons (Fsp3) is 0.629. The highest BCUT2D eigenvalue weighted by molar-refractivity contribution is 6.04. The lowest BCUT2D eigenvalue weighted by molar-refractivity contribution is -0.00976. The van der Waals surface area contributed by atoms with Gasteiger partial charge in [-0.3, -0.25) is 9.69 Å². The lowest BCUT2D eigenvalue weighted by atomic mass is 9.58. The predicted molar refractivity (Wildman–Crippen MR) is 170 cm³/mol. The van der Waals surface area contributed by atoms with Crippen molar-refractivity contribution in [2.24, 2.45) is 11.8 Å². The van der Waals surface area contributed by atoms with Gasteiger partial charge >= 0.3 is 0 Å². The van der Waals surface area contributed by atoms with Crippen molar-refractivity contribution in [2.75, 3.05) is 91.6 Å². The second-order valence-electron chi connectivity index (χ2n) is 12.4. The molecule has 2 aromatic carbocycles. The van der Waals surface area contributed by atoms with Crippen LogP contribution in [-0.4, -0.2) is 103 Å². The summed E-state index contributed by atoms with van der Waals surface area (Å²) < 4.78 is 33.0. The van der Waals surface area contributed by atoms with Crippen molar-refractivity contribution in [2.45, 2.75) is 44.6 Å². The van der Waals surface area contributed by atoms with Crippen LogP contribution in [0.25, 0.3) is 0 Å². The van der Waals surface area contributed by atoms with Gasteiger partial charge in [0, 0.05) is 24.9 Å². The second-order valence-corrected chi connectivity index (χ2v) is 12.4. The number of rotatable bonds is 20. The molecule has 9 nitrogen and oxygen atoms in total. The van der Waals surface area contributed by atoms with Crippen LogP contribution in [0, 0.1) is 11.8 Å². The molecule has 5 rings (SSSR count). The van der Waals surface area contributed by atoms with Crippen LogP contribution in [0.5, 0.6) is 5.75 Å². The number of carbonyl (C=O) groups is 1. The minimum atomic E-state index is -0.0191. The lowest BCUT2D eigenvalue weighted by Gasteiger charge is -2.53. The van der Waals surface area contributed by atoms with E-state index in [1.165, 1.54) is 18.4 Å². The van der Waals surface area contributed by atoms with Crippen molar-refractivity contribution >= 4 is 17.2 Å².